The van der Waals surface area contributed by atoms with E-state index in [2.05, 4.69) is 29.4 Å². The van der Waals surface area contributed by atoms with Crippen LogP contribution in [0.1, 0.15) is 46.3 Å². The highest BCUT2D eigenvalue weighted by molar-refractivity contribution is 6.15. The maximum Gasteiger partial charge on any atom is 0.251 e. The van der Waals surface area contributed by atoms with Crippen LogP contribution < -0.4 is 14.8 Å². The molecule has 2 aliphatic rings. The number of nitrogens with one attached hydrogen (secondary N) is 1. The normalized spacial score (nSPS) is 19.8. The predicted molar refractivity (Wildman–Crippen MR) is 129 cm³/mol. The molecule has 0 radical (unpaired) electrons. The number of aliphatic imine (C=N–C) groups is 1. The fourth-order valence-corrected chi connectivity index (χ4v) is 4.69. The summed E-state index contributed by atoms with van der Waals surface area (Å²) >= 11 is 0. The molecule has 2 aromatic rings. The second kappa shape index (κ2) is 10.4. The van der Waals surface area contributed by atoms with E-state index in [1.165, 1.54) is 5.56 Å². The first-order valence-electron chi connectivity index (χ1n) is 11.5. The lowest BCUT2D eigenvalue weighted by Crippen LogP contribution is -2.41. The van der Waals surface area contributed by atoms with Gasteiger partial charge in [-0.25, -0.2) is 0 Å². The Morgan fingerprint density at radius 2 is 1.97 bits per heavy atom. The van der Waals surface area contributed by atoms with Crippen molar-refractivity contribution >= 4 is 11.6 Å². The van der Waals surface area contributed by atoms with Crippen LogP contribution in [0.5, 0.6) is 11.5 Å². The van der Waals surface area contributed by atoms with Gasteiger partial charge in [-0.3, -0.25) is 9.79 Å². The second-order valence-corrected chi connectivity index (χ2v) is 8.55. The van der Waals surface area contributed by atoms with Gasteiger partial charge in [-0.15, -0.1) is 0 Å². The summed E-state index contributed by atoms with van der Waals surface area (Å²) < 4.78 is 16.5. The highest BCUT2D eigenvalue weighted by atomic mass is 16.5. The van der Waals surface area contributed by atoms with Crippen molar-refractivity contribution in [2.45, 2.75) is 25.3 Å². The molecular weight excluding hydrogens is 418 g/mol. The van der Waals surface area contributed by atoms with Crippen molar-refractivity contribution < 1.29 is 19.0 Å². The highest BCUT2D eigenvalue weighted by Crippen LogP contribution is 2.42. The van der Waals surface area contributed by atoms with Gasteiger partial charge in [-0.05, 0) is 56.8 Å². The van der Waals surface area contributed by atoms with Crippen molar-refractivity contribution in [2.75, 3.05) is 54.1 Å². The number of hydrogen-bond donors (Lipinski definition) is 1. The molecule has 0 bridgehead atoms. The minimum atomic E-state index is -0.108. The molecule has 176 valence electrons. The SMILES string of the molecule is CCOc1cc2c(cc1OC)C(c1ccc(C(=O)NCCOC)cc1)=N[C@@H]1CCN(C)C[C@H]21. The zero-order valence-electron chi connectivity index (χ0n) is 19.9. The zero-order chi connectivity index (χ0) is 23.4. The van der Waals surface area contributed by atoms with E-state index in [1.54, 1.807) is 14.2 Å². The number of methoxy groups -OCH3 is 2. The van der Waals surface area contributed by atoms with Crippen molar-refractivity contribution in [3.63, 3.8) is 0 Å². The first kappa shape index (κ1) is 23.3. The Kier molecular flexibility index (Phi) is 7.30. The summed E-state index contributed by atoms with van der Waals surface area (Å²) in [4.78, 5) is 20.0. The van der Waals surface area contributed by atoms with Crippen molar-refractivity contribution in [3.05, 3.63) is 58.7 Å². The van der Waals surface area contributed by atoms with Gasteiger partial charge >= 0.3 is 0 Å². The molecule has 1 N–H and O–H groups in total. The van der Waals surface area contributed by atoms with E-state index >= 15 is 0 Å². The summed E-state index contributed by atoms with van der Waals surface area (Å²) in [6, 6.07) is 12.1. The first-order chi connectivity index (χ1) is 16.0. The number of carbonyl (C=O) groups excluding carboxylic acids is 1. The predicted octanol–water partition coefficient (Wildman–Crippen LogP) is 3.11. The number of likely N-dealkylation sites (N-methyl/N-ethyl adjacent to an activating group) is 1. The lowest BCUT2D eigenvalue weighted by molar-refractivity contribution is 0.0937. The Labute approximate surface area is 195 Å². The van der Waals surface area contributed by atoms with E-state index in [9.17, 15) is 4.79 Å². The molecule has 2 aliphatic heterocycles. The number of carbonyl (C=O) groups is 1. The first-order valence-corrected chi connectivity index (χ1v) is 11.5. The minimum Gasteiger partial charge on any atom is -0.493 e. The zero-order valence-corrected chi connectivity index (χ0v) is 19.9. The summed E-state index contributed by atoms with van der Waals surface area (Å²) in [5.74, 6) is 1.69. The minimum absolute atomic E-state index is 0.108. The number of nitrogens with zero attached hydrogens (tertiary/aromatic N) is 2. The third kappa shape index (κ3) is 4.89. The van der Waals surface area contributed by atoms with Gasteiger partial charge in [0.1, 0.15) is 0 Å². The number of ether oxygens (including phenoxy) is 3. The molecule has 7 heteroatoms. The topological polar surface area (TPSA) is 72.4 Å². The van der Waals surface area contributed by atoms with Crippen molar-refractivity contribution in [2.24, 2.45) is 4.99 Å². The van der Waals surface area contributed by atoms with Gasteiger partial charge in [-0.2, -0.15) is 0 Å². The maximum atomic E-state index is 12.4. The van der Waals surface area contributed by atoms with Gasteiger partial charge in [0, 0.05) is 42.8 Å². The highest BCUT2D eigenvalue weighted by Gasteiger charge is 2.36. The third-order valence-corrected chi connectivity index (χ3v) is 6.38. The molecule has 33 heavy (non-hydrogen) atoms. The monoisotopic (exact) mass is 451 g/mol. The van der Waals surface area contributed by atoms with Crippen LogP contribution in [-0.4, -0.2) is 76.7 Å². The van der Waals surface area contributed by atoms with E-state index in [-0.39, 0.29) is 11.9 Å². The average molecular weight is 452 g/mol. The molecule has 0 spiro atoms. The van der Waals surface area contributed by atoms with Crippen LogP contribution in [0.25, 0.3) is 0 Å². The summed E-state index contributed by atoms with van der Waals surface area (Å²) in [6.07, 6.45) is 1.01. The lowest BCUT2D eigenvalue weighted by atomic mass is 9.79. The quantitative estimate of drug-likeness (QED) is 0.625. The third-order valence-electron chi connectivity index (χ3n) is 6.38. The van der Waals surface area contributed by atoms with Crippen LogP contribution in [0, 0.1) is 0 Å². The number of rotatable bonds is 8. The fraction of sp³-hybridized carbons (Fsp3) is 0.462. The smallest absolute Gasteiger partial charge is 0.251 e. The van der Waals surface area contributed by atoms with Crippen molar-refractivity contribution in [3.8, 4) is 11.5 Å². The Hall–Kier alpha value is -2.90. The van der Waals surface area contributed by atoms with Crippen molar-refractivity contribution in [1.29, 1.82) is 0 Å². The summed E-state index contributed by atoms with van der Waals surface area (Å²) in [5.41, 5.74) is 4.89. The van der Waals surface area contributed by atoms with Crippen LogP contribution in [0.2, 0.25) is 0 Å². The van der Waals surface area contributed by atoms with Crippen LogP contribution in [0.4, 0.5) is 0 Å². The standard InChI is InChI=1S/C26H33N3O4/c1-5-33-24-14-19-20(15-23(24)32-4)25(28-22-10-12-29(2)16-21(19)22)17-6-8-18(9-7-17)26(30)27-11-13-31-3/h6-9,14-15,21-22H,5,10-13,16H2,1-4H3,(H,27,30)/t21-,22-/m1/s1. The lowest BCUT2D eigenvalue weighted by Gasteiger charge is -2.39. The number of likely N-dealkylation sites (tertiary alicyclic amines) is 1. The summed E-state index contributed by atoms with van der Waals surface area (Å²) in [7, 11) is 5.45. The molecule has 0 aliphatic carbocycles. The van der Waals surface area contributed by atoms with Crippen LogP contribution >= 0.6 is 0 Å². The number of benzene rings is 2. The molecule has 1 fully saturated rings. The molecule has 2 atom stereocenters. The molecule has 0 aromatic heterocycles. The van der Waals surface area contributed by atoms with Crippen LogP contribution in [-0.2, 0) is 4.74 Å². The van der Waals surface area contributed by atoms with Gasteiger partial charge in [0.15, 0.2) is 11.5 Å². The Morgan fingerprint density at radius 1 is 1.18 bits per heavy atom. The van der Waals surface area contributed by atoms with E-state index in [4.69, 9.17) is 19.2 Å². The van der Waals surface area contributed by atoms with Gasteiger partial charge in [0.25, 0.3) is 5.91 Å². The molecular formula is C26H33N3O4. The van der Waals surface area contributed by atoms with Gasteiger partial charge in [0.05, 0.1) is 32.1 Å². The molecule has 2 aromatic carbocycles. The molecule has 0 unspecified atom stereocenters. The Morgan fingerprint density at radius 3 is 2.67 bits per heavy atom. The number of hydrogen-bond acceptors (Lipinski definition) is 6. The van der Waals surface area contributed by atoms with E-state index in [1.807, 2.05) is 31.2 Å². The van der Waals surface area contributed by atoms with E-state index < -0.39 is 0 Å². The molecule has 2 heterocycles. The van der Waals surface area contributed by atoms with E-state index in [0.29, 0.717) is 37.0 Å². The average Bonchev–Trinajstić information content (AvgIpc) is 2.83. The summed E-state index contributed by atoms with van der Waals surface area (Å²) in [5, 5.41) is 2.86. The summed E-state index contributed by atoms with van der Waals surface area (Å²) in [6.45, 7) is 5.53. The molecule has 0 saturated carbocycles. The van der Waals surface area contributed by atoms with Gasteiger partial charge in [-0.1, -0.05) is 12.1 Å². The van der Waals surface area contributed by atoms with Crippen LogP contribution in [0.15, 0.2) is 41.4 Å². The number of amides is 1. The van der Waals surface area contributed by atoms with Gasteiger partial charge < -0.3 is 24.4 Å². The van der Waals surface area contributed by atoms with Gasteiger partial charge in [0.2, 0.25) is 0 Å². The Balaban J connectivity index is 1.71. The second-order valence-electron chi connectivity index (χ2n) is 8.55. The number of fused-ring (bicyclic) bond motifs is 3. The van der Waals surface area contributed by atoms with Crippen molar-refractivity contribution in [1.82, 2.24) is 10.2 Å². The number of piperidine rings is 1. The molecule has 4 rings (SSSR count). The maximum absolute atomic E-state index is 12.4. The largest absolute Gasteiger partial charge is 0.493 e. The van der Waals surface area contributed by atoms with Crippen LogP contribution in [0.3, 0.4) is 0 Å². The van der Waals surface area contributed by atoms with E-state index in [0.717, 1.165) is 42.1 Å². The Bertz CT molecular complexity index is 1020. The molecule has 1 amide bonds. The molecule has 1 saturated heterocycles. The fourth-order valence-electron chi connectivity index (χ4n) is 4.69. The molecule has 7 nitrogen and oxygen atoms in total.